The second kappa shape index (κ2) is 11.2. The Balaban J connectivity index is 1.30. The molecule has 0 radical (unpaired) electrons. The molecular formula is C27H29N3O4S. The van der Waals surface area contributed by atoms with Crippen LogP contribution in [0, 0.1) is 25.2 Å². The number of carbonyl (C=O) groups excluding carboxylic acids is 2. The molecule has 2 aromatic heterocycles. The molecule has 35 heavy (non-hydrogen) atoms. The molecule has 1 aliphatic carbocycles. The molecular weight excluding hydrogens is 462 g/mol. The first-order chi connectivity index (χ1) is 16.9. The van der Waals surface area contributed by atoms with Crippen molar-refractivity contribution in [2.45, 2.75) is 52.0 Å². The molecule has 0 bridgehead atoms. The molecule has 4 rings (SSSR count). The maximum absolute atomic E-state index is 12.7. The van der Waals surface area contributed by atoms with Gasteiger partial charge in [0.2, 0.25) is 5.91 Å². The van der Waals surface area contributed by atoms with Crippen molar-refractivity contribution < 1.29 is 18.8 Å². The number of anilines is 1. The summed E-state index contributed by atoms with van der Waals surface area (Å²) < 4.78 is 10.4. The number of fused-ring (bicyclic) bond motifs is 1. The number of amides is 2. The molecule has 0 saturated carbocycles. The van der Waals surface area contributed by atoms with Crippen LogP contribution in [0.3, 0.4) is 0 Å². The van der Waals surface area contributed by atoms with Crippen molar-refractivity contribution in [3.8, 4) is 12.3 Å². The largest absolute Gasteiger partial charge is 0.449 e. The monoisotopic (exact) mass is 491 g/mol. The first kappa shape index (κ1) is 24.6. The van der Waals surface area contributed by atoms with Gasteiger partial charge in [0.25, 0.3) is 0 Å². The highest BCUT2D eigenvalue weighted by atomic mass is 32.1. The highest BCUT2D eigenvalue weighted by Gasteiger charge is 2.27. The Morgan fingerprint density at radius 3 is 2.86 bits per heavy atom. The zero-order valence-corrected chi connectivity index (χ0v) is 20.7. The molecule has 2 atom stereocenters. The molecule has 0 spiro atoms. The minimum Gasteiger partial charge on any atom is -0.449 e. The summed E-state index contributed by atoms with van der Waals surface area (Å²) in [5.74, 6) is 3.74. The maximum Gasteiger partial charge on any atom is 0.407 e. The third-order valence-corrected chi connectivity index (χ3v) is 7.34. The van der Waals surface area contributed by atoms with Gasteiger partial charge < -0.3 is 19.9 Å². The normalized spacial score (nSPS) is 15.5. The number of hydrogen-bond acceptors (Lipinski definition) is 6. The summed E-state index contributed by atoms with van der Waals surface area (Å²) >= 11 is 1.54. The maximum atomic E-state index is 12.7. The number of aryl methyl sites for hydroxylation is 1. The summed E-state index contributed by atoms with van der Waals surface area (Å²) in [4.78, 5) is 26.0. The van der Waals surface area contributed by atoms with E-state index in [0.717, 1.165) is 45.8 Å². The van der Waals surface area contributed by atoms with Crippen LogP contribution in [0.1, 0.15) is 58.7 Å². The van der Waals surface area contributed by atoms with Crippen molar-refractivity contribution in [1.29, 1.82) is 0 Å². The summed E-state index contributed by atoms with van der Waals surface area (Å²) in [6.07, 6.45) is 8.16. The Morgan fingerprint density at radius 2 is 2.14 bits per heavy atom. The SMILES string of the molecule is C#Cc1c(NC(=O)CC(C)c2ccccc2)sc2c1CCC(COC(=O)NCc1cc(C)on1)C2. The van der Waals surface area contributed by atoms with Crippen LogP contribution in [0.2, 0.25) is 0 Å². The molecule has 2 amide bonds. The van der Waals surface area contributed by atoms with Gasteiger partial charge in [0, 0.05) is 17.4 Å². The third kappa shape index (κ3) is 6.31. The number of hydrogen-bond donors (Lipinski definition) is 2. The lowest BCUT2D eigenvalue weighted by Gasteiger charge is -2.22. The second-order valence-corrected chi connectivity index (χ2v) is 10.0. The molecule has 2 heterocycles. The molecule has 7 nitrogen and oxygen atoms in total. The average Bonchev–Trinajstić information content (AvgIpc) is 3.43. The zero-order chi connectivity index (χ0) is 24.8. The minimum atomic E-state index is -0.479. The Bertz CT molecular complexity index is 1230. The number of ether oxygens (including phenoxy) is 1. The predicted molar refractivity (Wildman–Crippen MR) is 135 cm³/mol. The quantitative estimate of drug-likeness (QED) is 0.423. The number of aromatic nitrogens is 1. The fraction of sp³-hybridized carbons (Fsp3) is 0.370. The van der Waals surface area contributed by atoms with Gasteiger partial charge in [0.1, 0.15) is 16.5 Å². The van der Waals surface area contributed by atoms with Crippen molar-refractivity contribution in [2.75, 3.05) is 11.9 Å². The van der Waals surface area contributed by atoms with E-state index in [2.05, 4.69) is 21.7 Å². The van der Waals surface area contributed by atoms with Crippen LogP contribution in [-0.2, 0) is 28.9 Å². The molecule has 182 valence electrons. The third-order valence-electron chi connectivity index (χ3n) is 6.17. The first-order valence-electron chi connectivity index (χ1n) is 11.7. The van der Waals surface area contributed by atoms with Crippen molar-refractivity contribution >= 4 is 28.3 Å². The van der Waals surface area contributed by atoms with Crippen molar-refractivity contribution in [3.63, 3.8) is 0 Å². The molecule has 8 heteroatoms. The van der Waals surface area contributed by atoms with Gasteiger partial charge in [-0.25, -0.2) is 4.79 Å². The van der Waals surface area contributed by atoms with Crippen LogP contribution in [0.25, 0.3) is 0 Å². The molecule has 0 saturated heterocycles. The Labute approximate surface area is 209 Å². The van der Waals surface area contributed by atoms with Gasteiger partial charge in [0.15, 0.2) is 0 Å². The number of rotatable bonds is 8. The molecule has 2 N–H and O–H groups in total. The van der Waals surface area contributed by atoms with E-state index < -0.39 is 6.09 Å². The number of nitrogens with one attached hydrogen (secondary N) is 2. The molecule has 1 aromatic carbocycles. The number of terminal acetylenes is 1. The van der Waals surface area contributed by atoms with Gasteiger partial charge >= 0.3 is 6.09 Å². The summed E-state index contributed by atoms with van der Waals surface area (Å²) in [5.41, 5.74) is 3.69. The standard InChI is InChI=1S/C27H29N3O4S/c1-4-22-23-11-10-19(16-33-27(32)28-15-21-13-18(3)34-30-21)14-24(23)35-26(22)29-25(31)12-17(2)20-8-6-5-7-9-20/h1,5-9,13,17,19H,10-12,14-16H2,2-3H3,(H,28,32)(H,29,31). The highest BCUT2D eigenvalue weighted by molar-refractivity contribution is 7.16. The zero-order valence-electron chi connectivity index (χ0n) is 19.9. The Hall–Kier alpha value is -3.57. The second-order valence-electron chi connectivity index (χ2n) is 8.91. The van der Waals surface area contributed by atoms with Crippen LogP contribution < -0.4 is 10.6 Å². The number of alkyl carbamates (subject to hydrolysis) is 1. The fourth-order valence-corrected chi connectivity index (χ4v) is 5.64. The fourth-order valence-electron chi connectivity index (χ4n) is 4.30. The molecule has 3 aromatic rings. The Kier molecular flexibility index (Phi) is 7.88. The van der Waals surface area contributed by atoms with E-state index in [4.69, 9.17) is 15.7 Å². The highest BCUT2D eigenvalue weighted by Crippen LogP contribution is 2.39. The van der Waals surface area contributed by atoms with Gasteiger partial charge in [-0.3, -0.25) is 4.79 Å². The van der Waals surface area contributed by atoms with E-state index in [9.17, 15) is 9.59 Å². The summed E-state index contributed by atoms with van der Waals surface area (Å²) in [5, 5.41) is 10.3. The number of nitrogens with zero attached hydrogens (tertiary/aromatic N) is 1. The van der Waals surface area contributed by atoms with E-state index in [1.165, 1.54) is 11.3 Å². The first-order valence-corrected chi connectivity index (χ1v) is 12.5. The topological polar surface area (TPSA) is 93.5 Å². The summed E-state index contributed by atoms with van der Waals surface area (Å²) in [7, 11) is 0. The molecule has 1 aliphatic rings. The van der Waals surface area contributed by atoms with Gasteiger partial charge in [-0.15, -0.1) is 17.8 Å². The lowest BCUT2D eigenvalue weighted by molar-refractivity contribution is -0.116. The van der Waals surface area contributed by atoms with E-state index in [-0.39, 0.29) is 24.3 Å². The van der Waals surface area contributed by atoms with Crippen molar-refractivity contribution in [2.24, 2.45) is 5.92 Å². The van der Waals surface area contributed by atoms with Gasteiger partial charge in [-0.05, 0) is 49.1 Å². The lowest BCUT2D eigenvalue weighted by atomic mass is 9.87. The van der Waals surface area contributed by atoms with Crippen LogP contribution in [-0.4, -0.2) is 23.8 Å². The van der Waals surface area contributed by atoms with E-state index >= 15 is 0 Å². The minimum absolute atomic E-state index is 0.0460. The van der Waals surface area contributed by atoms with E-state index in [1.807, 2.05) is 37.3 Å². The number of carbonyl (C=O) groups is 2. The Morgan fingerprint density at radius 1 is 1.34 bits per heavy atom. The average molecular weight is 492 g/mol. The van der Waals surface area contributed by atoms with Crippen LogP contribution >= 0.6 is 11.3 Å². The lowest BCUT2D eigenvalue weighted by Crippen LogP contribution is -2.27. The van der Waals surface area contributed by atoms with Crippen LogP contribution in [0.4, 0.5) is 9.80 Å². The molecule has 0 aliphatic heterocycles. The van der Waals surface area contributed by atoms with Gasteiger partial charge in [-0.1, -0.05) is 48.3 Å². The van der Waals surface area contributed by atoms with Crippen LogP contribution in [0.15, 0.2) is 40.9 Å². The van der Waals surface area contributed by atoms with Crippen molar-refractivity contribution in [1.82, 2.24) is 10.5 Å². The molecule has 2 unspecified atom stereocenters. The van der Waals surface area contributed by atoms with E-state index in [1.54, 1.807) is 13.0 Å². The summed E-state index contributed by atoms with van der Waals surface area (Å²) in [6, 6.07) is 11.8. The van der Waals surface area contributed by atoms with Crippen molar-refractivity contribution in [3.05, 3.63) is 69.4 Å². The van der Waals surface area contributed by atoms with Gasteiger partial charge in [0.05, 0.1) is 18.7 Å². The molecule has 0 fully saturated rings. The number of thiophene rings is 1. The smallest absolute Gasteiger partial charge is 0.407 e. The predicted octanol–water partition coefficient (Wildman–Crippen LogP) is 5.19. The van der Waals surface area contributed by atoms with E-state index in [0.29, 0.717) is 24.5 Å². The van der Waals surface area contributed by atoms with Crippen LogP contribution in [0.5, 0.6) is 0 Å². The van der Waals surface area contributed by atoms with Gasteiger partial charge in [-0.2, -0.15) is 0 Å². The number of benzene rings is 1. The summed E-state index contributed by atoms with van der Waals surface area (Å²) in [6.45, 7) is 4.42.